The summed E-state index contributed by atoms with van der Waals surface area (Å²) >= 11 is 0. The molecule has 1 saturated heterocycles. The number of aromatic nitrogens is 2. The second kappa shape index (κ2) is 7.23. The Bertz CT molecular complexity index is 967. The molecule has 2 aromatic heterocycles. The van der Waals surface area contributed by atoms with E-state index < -0.39 is 5.97 Å². The molecule has 6 heteroatoms. The monoisotopic (exact) mass is 362 g/mol. The van der Waals surface area contributed by atoms with E-state index in [0.717, 1.165) is 59.8 Å². The highest BCUT2D eigenvalue weighted by Crippen LogP contribution is 2.33. The zero-order valence-electron chi connectivity index (χ0n) is 15.3. The number of piperazine rings is 1. The zero-order chi connectivity index (χ0) is 18.8. The van der Waals surface area contributed by atoms with Gasteiger partial charge in [-0.05, 0) is 25.1 Å². The summed E-state index contributed by atoms with van der Waals surface area (Å²) in [5.74, 6) is 0.155. The SMILES string of the molecule is Cc1nc2ccccc2c(N2CCN(c3ccccn3)CC2)c1CC(=O)O. The largest absolute Gasteiger partial charge is 0.481 e. The number of aliphatic carboxylic acids is 1. The number of nitrogens with zero attached hydrogens (tertiary/aromatic N) is 4. The molecule has 27 heavy (non-hydrogen) atoms. The van der Waals surface area contributed by atoms with E-state index in [2.05, 4.69) is 19.8 Å². The van der Waals surface area contributed by atoms with Gasteiger partial charge in [0.2, 0.25) is 0 Å². The van der Waals surface area contributed by atoms with Crippen LogP contribution in [-0.2, 0) is 11.2 Å². The molecule has 0 saturated carbocycles. The second-order valence-electron chi connectivity index (χ2n) is 6.77. The molecular formula is C21H22N4O2. The van der Waals surface area contributed by atoms with Crippen molar-refractivity contribution in [3.8, 4) is 0 Å². The van der Waals surface area contributed by atoms with Gasteiger partial charge in [0.1, 0.15) is 5.82 Å². The van der Waals surface area contributed by atoms with Gasteiger partial charge in [0, 0.05) is 49.0 Å². The summed E-state index contributed by atoms with van der Waals surface area (Å²) in [4.78, 5) is 25.1. The number of carboxylic acid groups (broad SMARTS) is 1. The van der Waals surface area contributed by atoms with Gasteiger partial charge in [-0.15, -0.1) is 0 Å². The van der Waals surface area contributed by atoms with E-state index in [9.17, 15) is 9.90 Å². The fourth-order valence-electron chi connectivity index (χ4n) is 3.78. The topological polar surface area (TPSA) is 69.6 Å². The van der Waals surface area contributed by atoms with Crippen LogP contribution in [0.5, 0.6) is 0 Å². The van der Waals surface area contributed by atoms with Crippen molar-refractivity contribution in [3.05, 3.63) is 59.9 Å². The number of benzene rings is 1. The number of fused-ring (bicyclic) bond motifs is 1. The van der Waals surface area contributed by atoms with Gasteiger partial charge >= 0.3 is 5.97 Å². The minimum Gasteiger partial charge on any atom is -0.481 e. The minimum absolute atomic E-state index is 0.0144. The molecule has 6 nitrogen and oxygen atoms in total. The smallest absolute Gasteiger partial charge is 0.307 e. The third-order valence-electron chi connectivity index (χ3n) is 5.07. The molecule has 0 unspecified atom stereocenters. The van der Waals surface area contributed by atoms with Gasteiger partial charge in [-0.3, -0.25) is 9.78 Å². The summed E-state index contributed by atoms with van der Waals surface area (Å²) in [5, 5.41) is 10.4. The van der Waals surface area contributed by atoms with E-state index in [1.54, 1.807) is 0 Å². The minimum atomic E-state index is -0.830. The molecule has 0 spiro atoms. The molecule has 138 valence electrons. The summed E-state index contributed by atoms with van der Waals surface area (Å²) < 4.78 is 0. The van der Waals surface area contributed by atoms with E-state index in [4.69, 9.17) is 0 Å². The third kappa shape index (κ3) is 3.43. The van der Waals surface area contributed by atoms with Crippen molar-refractivity contribution in [1.29, 1.82) is 0 Å². The number of anilines is 2. The van der Waals surface area contributed by atoms with E-state index in [1.165, 1.54) is 0 Å². The van der Waals surface area contributed by atoms with E-state index in [1.807, 2.05) is 55.6 Å². The first-order valence-corrected chi connectivity index (χ1v) is 9.14. The Hall–Kier alpha value is -3.15. The molecular weight excluding hydrogens is 340 g/mol. The molecule has 0 aliphatic carbocycles. The van der Waals surface area contributed by atoms with Gasteiger partial charge in [-0.2, -0.15) is 0 Å². The number of carbonyl (C=O) groups is 1. The van der Waals surface area contributed by atoms with Crippen LogP contribution < -0.4 is 9.80 Å². The molecule has 1 aliphatic rings. The number of para-hydroxylation sites is 1. The van der Waals surface area contributed by atoms with Crippen molar-refractivity contribution in [1.82, 2.24) is 9.97 Å². The van der Waals surface area contributed by atoms with Crippen molar-refractivity contribution in [2.45, 2.75) is 13.3 Å². The second-order valence-corrected chi connectivity index (χ2v) is 6.77. The quantitative estimate of drug-likeness (QED) is 0.770. The maximum absolute atomic E-state index is 11.5. The van der Waals surface area contributed by atoms with Crippen LogP contribution in [0.25, 0.3) is 10.9 Å². The fraction of sp³-hybridized carbons (Fsp3) is 0.286. The first-order valence-electron chi connectivity index (χ1n) is 9.14. The predicted molar refractivity (Wildman–Crippen MR) is 106 cm³/mol. The molecule has 1 N–H and O–H groups in total. The van der Waals surface area contributed by atoms with Gasteiger partial charge < -0.3 is 14.9 Å². The van der Waals surface area contributed by atoms with E-state index in [0.29, 0.717) is 0 Å². The van der Waals surface area contributed by atoms with Crippen LogP contribution in [0, 0.1) is 6.92 Å². The first-order chi connectivity index (χ1) is 13.1. The van der Waals surface area contributed by atoms with Crippen LogP contribution in [0.3, 0.4) is 0 Å². The first kappa shape index (κ1) is 17.3. The molecule has 3 heterocycles. The Kier molecular flexibility index (Phi) is 4.62. The molecule has 0 radical (unpaired) electrons. The average molecular weight is 362 g/mol. The van der Waals surface area contributed by atoms with Crippen molar-refractivity contribution in [2.24, 2.45) is 0 Å². The molecule has 1 aliphatic heterocycles. The Labute approximate surface area is 158 Å². The molecule has 0 bridgehead atoms. The number of pyridine rings is 2. The molecule has 4 rings (SSSR count). The summed E-state index contributed by atoms with van der Waals surface area (Å²) in [6.07, 6.45) is 1.80. The van der Waals surface area contributed by atoms with Crippen molar-refractivity contribution < 1.29 is 9.90 Å². The van der Waals surface area contributed by atoms with Gasteiger partial charge in [-0.1, -0.05) is 24.3 Å². The molecule has 0 amide bonds. The number of hydrogen-bond acceptors (Lipinski definition) is 5. The predicted octanol–water partition coefficient (Wildman–Crippen LogP) is 2.89. The Morgan fingerprint density at radius 1 is 1.04 bits per heavy atom. The summed E-state index contributed by atoms with van der Waals surface area (Å²) in [7, 11) is 0. The van der Waals surface area contributed by atoms with E-state index in [-0.39, 0.29) is 6.42 Å². The lowest BCUT2D eigenvalue weighted by molar-refractivity contribution is -0.136. The maximum atomic E-state index is 11.5. The summed E-state index contributed by atoms with van der Waals surface area (Å²) in [6.45, 7) is 5.23. The fourth-order valence-corrected chi connectivity index (χ4v) is 3.78. The van der Waals surface area contributed by atoms with Crippen LogP contribution in [0.2, 0.25) is 0 Å². The highest BCUT2D eigenvalue weighted by atomic mass is 16.4. The van der Waals surface area contributed by atoms with Crippen LogP contribution in [0.4, 0.5) is 11.5 Å². The Morgan fingerprint density at radius 2 is 1.74 bits per heavy atom. The maximum Gasteiger partial charge on any atom is 0.307 e. The highest BCUT2D eigenvalue weighted by molar-refractivity contribution is 5.95. The normalized spacial score (nSPS) is 14.6. The number of carboxylic acids is 1. The summed E-state index contributed by atoms with van der Waals surface area (Å²) in [5.41, 5.74) is 3.53. The molecule has 1 fully saturated rings. The van der Waals surface area contributed by atoms with Crippen LogP contribution >= 0.6 is 0 Å². The van der Waals surface area contributed by atoms with Crippen LogP contribution in [-0.4, -0.2) is 47.2 Å². The lowest BCUT2D eigenvalue weighted by atomic mass is 10.0. The molecule has 1 aromatic carbocycles. The van der Waals surface area contributed by atoms with Crippen LogP contribution in [0.15, 0.2) is 48.7 Å². The Balaban J connectivity index is 1.69. The van der Waals surface area contributed by atoms with Gasteiger partial charge in [0.25, 0.3) is 0 Å². The van der Waals surface area contributed by atoms with Crippen molar-refractivity contribution >= 4 is 28.4 Å². The van der Waals surface area contributed by atoms with Crippen molar-refractivity contribution in [3.63, 3.8) is 0 Å². The number of hydrogen-bond donors (Lipinski definition) is 1. The average Bonchev–Trinajstić information content (AvgIpc) is 2.69. The number of rotatable bonds is 4. The standard InChI is InChI=1S/C21H22N4O2/c1-15-17(14-20(26)27)21(16-6-2-3-7-18(16)23-15)25-12-10-24(11-13-25)19-8-4-5-9-22-19/h2-9H,10-14H2,1H3,(H,26,27). The van der Waals surface area contributed by atoms with Gasteiger partial charge in [-0.25, -0.2) is 4.98 Å². The molecule has 3 aromatic rings. The van der Waals surface area contributed by atoms with Crippen molar-refractivity contribution in [2.75, 3.05) is 36.0 Å². The van der Waals surface area contributed by atoms with Gasteiger partial charge in [0.05, 0.1) is 17.6 Å². The Morgan fingerprint density at radius 3 is 2.44 bits per heavy atom. The lowest BCUT2D eigenvalue weighted by Gasteiger charge is -2.38. The van der Waals surface area contributed by atoms with E-state index >= 15 is 0 Å². The van der Waals surface area contributed by atoms with Crippen LogP contribution in [0.1, 0.15) is 11.3 Å². The lowest BCUT2D eigenvalue weighted by Crippen LogP contribution is -2.47. The van der Waals surface area contributed by atoms with Gasteiger partial charge in [0.15, 0.2) is 0 Å². The number of aryl methyl sites for hydroxylation is 1. The zero-order valence-corrected chi connectivity index (χ0v) is 15.3. The highest BCUT2D eigenvalue weighted by Gasteiger charge is 2.24. The third-order valence-corrected chi connectivity index (χ3v) is 5.07. The summed E-state index contributed by atoms with van der Waals surface area (Å²) in [6, 6.07) is 13.9. The molecule has 0 atom stereocenters.